The molecule has 1 fully saturated rings. The maximum Gasteiger partial charge on any atom is 0.242 e. The van der Waals surface area contributed by atoms with Crippen LogP contribution in [-0.2, 0) is 11.3 Å². The molecule has 3 rings (SSSR count). The number of carbonyl (C=O) groups is 1. The van der Waals surface area contributed by atoms with E-state index in [9.17, 15) is 9.18 Å². The fourth-order valence-electron chi connectivity index (χ4n) is 2.94. The average Bonchev–Trinajstić information content (AvgIpc) is 3.00. The summed E-state index contributed by atoms with van der Waals surface area (Å²) in [6, 6.07) is 6.28. The first kappa shape index (κ1) is 16.6. The van der Waals surface area contributed by atoms with Gasteiger partial charge in [0.05, 0.1) is 5.69 Å². The number of nitrogens with zero attached hydrogens (tertiary/aromatic N) is 3. The molecule has 2 heterocycles. The van der Waals surface area contributed by atoms with Crippen LogP contribution in [0.2, 0.25) is 0 Å². The van der Waals surface area contributed by atoms with Crippen molar-refractivity contribution in [2.75, 3.05) is 26.2 Å². The Balaban J connectivity index is 1.83. The van der Waals surface area contributed by atoms with Gasteiger partial charge in [-0.1, -0.05) is 13.8 Å². The molecule has 128 valence electrons. The highest BCUT2D eigenvalue weighted by Crippen LogP contribution is 2.23. The molecule has 1 saturated heterocycles. The lowest BCUT2D eigenvalue weighted by Crippen LogP contribution is -2.47. The van der Waals surface area contributed by atoms with E-state index in [1.54, 1.807) is 12.1 Å². The number of nitrogens with one attached hydrogen (secondary N) is 1. The molecule has 24 heavy (non-hydrogen) atoms. The van der Waals surface area contributed by atoms with Gasteiger partial charge in [0.15, 0.2) is 0 Å². The number of halogens is 1. The molecule has 0 spiro atoms. The monoisotopic (exact) mass is 330 g/mol. The minimum atomic E-state index is -0.267. The van der Waals surface area contributed by atoms with E-state index in [-0.39, 0.29) is 17.6 Å². The second-order valence-corrected chi connectivity index (χ2v) is 6.40. The largest absolute Gasteiger partial charge is 0.339 e. The SMILES string of the molecule is CC(C)c1nc(-c2ccc(F)cc2)cn1CC(=O)N1CCNCC1. The number of amides is 1. The molecule has 1 aromatic heterocycles. The maximum absolute atomic E-state index is 13.1. The number of carbonyl (C=O) groups excluding carboxylic acids is 1. The predicted octanol–water partition coefficient (Wildman–Crippen LogP) is 2.24. The molecule has 1 amide bonds. The van der Waals surface area contributed by atoms with Gasteiger partial charge in [-0.05, 0) is 24.3 Å². The lowest BCUT2D eigenvalue weighted by Gasteiger charge is -2.27. The zero-order valence-electron chi connectivity index (χ0n) is 14.1. The lowest BCUT2D eigenvalue weighted by atomic mass is 10.2. The fraction of sp³-hybridized carbons (Fsp3) is 0.444. The van der Waals surface area contributed by atoms with E-state index in [0.29, 0.717) is 6.54 Å². The third kappa shape index (κ3) is 3.64. The highest BCUT2D eigenvalue weighted by Gasteiger charge is 2.20. The summed E-state index contributed by atoms with van der Waals surface area (Å²) in [6.45, 7) is 7.58. The molecular formula is C18H23FN4O. The predicted molar refractivity (Wildman–Crippen MR) is 91.2 cm³/mol. The van der Waals surface area contributed by atoms with Crippen molar-refractivity contribution in [3.05, 3.63) is 42.1 Å². The Morgan fingerprint density at radius 1 is 1.25 bits per heavy atom. The number of hydrogen-bond donors (Lipinski definition) is 1. The van der Waals surface area contributed by atoms with Crippen molar-refractivity contribution >= 4 is 5.91 Å². The second-order valence-electron chi connectivity index (χ2n) is 6.40. The van der Waals surface area contributed by atoms with Gasteiger partial charge in [0.2, 0.25) is 5.91 Å². The van der Waals surface area contributed by atoms with E-state index in [1.165, 1.54) is 12.1 Å². The van der Waals surface area contributed by atoms with E-state index < -0.39 is 0 Å². The number of benzene rings is 1. The molecule has 2 aromatic rings. The van der Waals surface area contributed by atoms with Crippen molar-refractivity contribution in [3.63, 3.8) is 0 Å². The van der Waals surface area contributed by atoms with Gasteiger partial charge in [-0.15, -0.1) is 0 Å². The molecule has 0 saturated carbocycles. The van der Waals surface area contributed by atoms with Crippen LogP contribution in [0.5, 0.6) is 0 Å². The van der Waals surface area contributed by atoms with Crippen molar-refractivity contribution in [1.82, 2.24) is 19.8 Å². The van der Waals surface area contributed by atoms with Gasteiger partial charge in [0, 0.05) is 43.9 Å². The van der Waals surface area contributed by atoms with Crippen molar-refractivity contribution in [2.45, 2.75) is 26.3 Å². The fourth-order valence-corrected chi connectivity index (χ4v) is 2.94. The quantitative estimate of drug-likeness (QED) is 0.935. The molecule has 1 N–H and O–H groups in total. The van der Waals surface area contributed by atoms with Gasteiger partial charge in [-0.3, -0.25) is 4.79 Å². The third-order valence-corrected chi connectivity index (χ3v) is 4.24. The van der Waals surface area contributed by atoms with Crippen LogP contribution in [0.25, 0.3) is 11.3 Å². The second kappa shape index (κ2) is 7.13. The Kier molecular flexibility index (Phi) is 4.94. The van der Waals surface area contributed by atoms with Gasteiger partial charge in [0.1, 0.15) is 18.2 Å². The molecule has 0 radical (unpaired) electrons. The zero-order valence-corrected chi connectivity index (χ0v) is 14.1. The number of hydrogen-bond acceptors (Lipinski definition) is 3. The first-order valence-corrected chi connectivity index (χ1v) is 8.36. The molecule has 5 nitrogen and oxygen atoms in total. The van der Waals surface area contributed by atoms with Crippen LogP contribution in [0.1, 0.15) is 25.6 Å². The topological polar surface area (TPSA) is 50.2 Å². The molecule has 0 aliphatic carbocycles. The van der Waals surface area contributed by atoms with E-state index in [1.807, 2.05) is 15.7 Å². The number of rotatable bonds is 4. The standard InChI is InChI=1S/C18H23FN4O/c1-13(2)18-21-16(14-3-5-15(19)6-4-14)11-23(18)12-17(24)22-9-7-20-8-10-22/h3-6,11,13,20H,7-10,12H2,1-2H3. The Bertz CT molecular complexity index is 702. The Morgan fingerprint density at radius 3 is 2.54 bits per heavy atom. The normalized spacial score (nSPS) is 15.1. The Labute approximate surface area is 141 Å². The first-order valence-electron chi connectivity index (χ1n) is 8.36. The highest BCUT2D eigenvalue weighted by atomic mass is 19.1. The smallest absolute Gasteiger partial charge is 0.242 e. The Hall–Kier alpha value is -2.21. The lowest BCUT2D eigenvalue weighted by molar-refractivity contribution is -0.132. The minimum Gasteiger partial charge on any atom is -0.339 e. The van der Waals surface area contributed by atoms with Crippen molar-refractivity contribution in [2.24, 2.45) is 0 Å². The molecule has 1 aromatic carbocycles. The van der Waals surface area contributed by atoms with Crippen LogP contribution in [-0.4, -0.2) is 46.5 Å². The molecule has 1 aliphatic heterocycles. The van der Waals surface area contributed by atoms with E-state index in [0.717, 1.165) is 43.3 Å². The summed E-state index contributed by atoms with van der Waals surface area (Å²) in [6.07, 6.45) is 1.89. The summed E-state index contributed by atoms with van der Waals surface area (Å²) in [5.41, 5.74) is 1.62. The summed E-state index contributed by atoms with van der Waals surface area (Å²) in [4.78, 5) is 19.1. The van der Waals surface area contributed by atoms with Crippen LogP contribution in [0.4, 0.5) is 4.39 Å². The van der Waals surface area contributed by atoms with Gasteiger partial charge < -0.3 is 14.8 Å². The average molecular weight is 330 g/mol. The van der Waals surface area contributed by atoms with Crippen LogP contribution < -0.4 is 5.32 Å². The highest BCUT2D eigenvalue weighted by molar-refractivity contribution is 5.76. The Morgan fingerprint density at radius 2 is 1.92 bits per heavy atom. The zero-order chi connectivity index (χ0) is 17.1. The summed E-state index contributed by atoms with van der Waals surface area (Å²) < 4.78 is 15.0. The molecule has 1 aliphatic rings. The van der Waals surface area contributed by atoms with Gasteiger partial charge in [0.25, 0.3) is 0 Å². The number of piperazine rings is 1. The van der Waals surface area contributed by atoms with E-state index in [4.69, 9.17) is 0 Å². The van der Waals surface area contributed by atoms with Gasteiger partial charge >= 0.3 is 0 Å². The van der Waals surface area contributed by atoms with Crippen LogP contribution in [0, 0.1) is 5.82 Å². The molecule has 0 atom stereocenters. The summed E-state index contributed by atoms with van der Waals surface area (Å²) in [5, 5.41) is 3.25. The van der Waals surface area contributed by atoms with Crippen LogP contribution in [0.3, 0.4) is 0 Å². The molecule has 0 unspecified atom stereocenters. The molecule has 6 heteroatoms. The summed E-state index contributed by atoms with van der Waals surface area (Å²) in [5.74, 6) is 0.922. The van der Waals surface area contributed by atoms with E-state index in [2.05, 4.69) is 24.1 Å². The summed E-state index contributed by atoms with van der Waals surface area (Å²) in [7, 11) is 0. The van der Waals surface area contributed by atoms with Crippen LogP contribution in [0.15, 0.2) is 30.5 Å². The minimum absolute atomic E-state index is 0.112. The molecular weight excluding hydrogens is 307 g/mol. The van der Waals surface area contributed by atoms with Crippen molar-refractivity contribution < 1.29 is 9.18 Å². The third-order valence-electron chi connectivity index (χ3n) is 4.24. The van der Waals surface area contributed by atoms with E-state index >= 15 is 0 Å². The maximum atomic E-state index is 13.1. The first-order chi connectivity index (χ1) is 11.5. The number of imidazole rings is 1. The number of aromatic nitrogens is 2. The summed E-state index contributed by atoms with van der Waals surface area (Å²) >= 11 is 0. The van der Waals surface area contributed by atoms with Crippen LogP contribution >= 0.6 is 0 Å². The van der Waals surface area contributed by atoms with Gasteiger partial charge in [-0.2, -0.15) is 0 Å². The van der Waals surface area contributed by atoms with Crippen molar-refractivity contribution in [3.8, 4) is 11.3 Å². The van der Waals surface area contributed by atoms with Gasteiger partial charge in [-0.25, -0.2) is 9.37 Å². The van der Waals surface area contributed by atoms with Crippen molar-refractivity contribution in [1.29, 1.82) is 0 Å². The molecule has 0 bridgehead atoms.